The number of hydrogen-bond donors (Lipinski definition) is 2. The van der Waals surface area contributed by atoms with E-state index in [4.69, 9.17) is 0 Å². The minimum atomic E-state index is -5.42. The second-order valence-electron chi connectivity index (χ2n) is 8.44. The van der Waals surface area contributed by atoms with Gasteiger partial charge in [0.25, 0.3) is 0 Å². The van der Waals surface area contributed by atoms with E-state index in [0.29, 0.717) is 37.8 Å². The van der Waals surface area contributed by atoms with Crippen LogP contribution in [0.3, 0.4) is 0 Å². The van der Waals surface area contributed by atoms with Gasteiger partial charge in [0.05, 0.1) is 17.9 Å². The Labute approximate surface area is 210 Å². The maximum atomic E-state index is 12.4. The van der Waals surface area contributed by atoms with Crippen LogP contribution < -0.4 is 5.32 Å². The lowest BCUT2D eigenvalue weighted by atomic mass is 10.0. The zero-order chi connectivity index (χ0) is 27.0. The number of halogens is 3. The number of carbonyl (C=O) groups excluding carboxylic acids is 4. The quantitative estimate of drug-likeness (QED) is 0.170. The Morgan fingerprint density at radius 1 is 1.03 bits per heavy atom. The van der Waals surface area contributed by atoms with Crippen LogP contribution in [-0.4, -0.2) is 39.8 Å². The fourth-order valence-corrected chi connectivity index (χ4v) is 3.72. The molecule has 0 saturated heterocycles. The number of aromatic nitrogens is 2. The Morgan fingerprint density at radius 3 is 2.46 bits per heavy atom. The summed E-state index contributed by atoms with van der Waals surface area (Å²) in [6, 6.07) is 12.7. The predicted octanol–water partition coefficient (Wildman–Crippen LogP) is 4.95. The van der Waals surface area contributed by atoms with Crippen molar-refractivity contribution in [1.82, 2.24) is 15.3 Å². The molecular formula is C26H26F3N3O5. The number of unbranched alkanes of at least 4 members (excludes halogenated alkanes) is 2. The van der Waals surface area contributed by atoms with Crippen LogP contribution in [-0.2, 0) is 23.9 Å². The highest BCUT2D eigenvalue weighted by atomic mass is 19.4. The number of hydrogen-bond acceptors (Lipinski definition) is 6. The summed E-state index contributed by atoms with van der Waals surface area (Å²) in [6.07, 6.45) is -0.913. The summed E-state index contributed by atoms with van der Waals surface area (Å²) in [6.45, 7) is 1.78. The average molecular weight is 518 g/mol. The van der Waals surface area contributed by atoms with Gasteiger partial charge >= 0.3 is 24.0 Å². The molecule has 0 aliphatic heterocycles. The number of ketones is 1. The Morgan fingerprint density at radius 2 is 1.76 bits per heavy atom. The van der Waals surface area contributed by atoms with Crippen LogP contribution in [0.1, 0.15) is 57.3 Å². The van der Waals surface area contributed by atoms with Crippen LogP contribution in [0.2, 0.25) is 0 Å². The Bertz CT molecular complexity index is 1290. The molecule has 37 heavy (non-hydrogen) atoms. The van der Waals surface area contributed by atoms with Crippen molar-refractivity contribution < 1.29 is 37.1 Å². The highest BCUT2D eigenvalue weighted by Crippen LogP contribution is 2.26. The van der Waals surface area contributed by atoms with Crippen LogP contribution in [0.5, 0.6) is 0 Å². The van der Waals surface area contributed by atoms with Gasteiger partial charge in [0.1, 0.15) is 11.6 Å². The fraction of sp³-hybridized carbons (Fsp3) is 0.346. The van der Waals surface area contributed by atoms with Crippen molar-refractivity contribution in [2.75, 3.05) is 0 Å². The molecule has 0 spiro atoms. The van der Waals surface area contributed by atoms with Crippen LogP contribution in [0.15, 0.2) is 48.7 Å². The van der Waals surface area contributed by atoms with Gasteiger partial charge in [-0.25, -0.2) is 14.6 Å². The predicted molar refractivity (Wildman–Crippen MR) is 128 cm³/mol. The largest absolute Gasteiger partial charge is 0.491 e. The van der Waals surface area contributed by atoms with Gasteiger partial charge in [-0.2, -0.15) is 13.2 Å². The van der Waals surface area contributed by atoms with Gasteiger partial charge in [0, 0.05) is 18.4 Å². The molecule has 1 amide bonds. The molecule has 196 valence electrons. The minimum Gasteiger partial charge on any atom is -0.379 e. The number of alkyl halides is 3. The highest BCUT2D eigenvalue weighted by molar-refractivity contribution is 6.34. The van der Waals surface area contributed by atoms with Gasteiger partial charge in [-0.05, 0) is 29.7 Å². The Hall–Kier alpha value is -4.02. The van der Waals surface area contributed by atoms with Crippen molar-refractivity contribution >= 4 is 34.4 Å². The monoisotopic (exact) mass is 517 g/mol. The number of H-pyrrole nitrogens is 1. The first-order chi connectivity index (χ1) is 17.6. The van der Waals surface area contributed by atoms with Gasteiger partial charge in [0.15, 0.2) is 0 Å². The van der Waals surface area contributed by atoms with Gasteiger partial charge in [-0.1, -0.05) is 56.2 Å². The number of imidazole rings is 1. The van der Waals surface area contributed by atoms with Crippen LogP contribution in [0.4, 0.5) is 13.2 Å². The number of nitrogens with zero attached hydrogens (tertiary/aromatic N) is 1. The van der Waals surface area contributed by atoms with Crippen molar-refractivity contribution in [3.8, 4) is 11.3 Å². The molecule has 1 heterocycles. The van der Waals surface area contributed by atoms with Gasteiger partial charge in [-0.3, -0.25) is 9.59 Å². The van der Waals surface area contributed by atoms with E-state index < -0.39 is 30.1 Å². The summed E-state index contributed by atoms with van der Waals surface area (Å²) in [4.78, 5) is 53.8. The maximum Gasteiger partial charge on any atom is 0.491 e. The van der Waals surface area contributed by atoms with Crippen molar-refractivity contribution in [2.45, 2.75) is 57.7 Å². The zero-order valence-corrected chi connectivity index (χ0v) is 20.1. The molecule has 0 aliphatic rings. The highest BCUT2D eigenvalue weighted by Gasteiger charge is 2.43. The van der Waals surface area contributed by atoms with Crippen LogP contribution in [0.25, 0.3) is 22.0 Å². The average Bonchev–Trinajstić information content (AvgIpc) is 3.36. The number of carbonyl (C=O) groups is 4. The van der Waals surface area contributed by atoms with Crippen molar-refractivity contribution in [2.24, 2.45) is 0 Å². The third kappa shape index (κ3) is 7.73. The first kappa shape index (κ1) is 27.6. The van der Waals surface area contributed by atoms with Gasteiger partial charge in [-0.15, -0.1) is 0 Å². The van der Waals surface area contributed by atoms with E-state index >= 15 is 0 Å². The minimum absolute atomic E-state index is 0.132. The molecule has 11 heteroatoms. The van der Waals surface area contributed by atoms with Crippen LogP contribution >= 0.6 is 0 Å². The molecule has 1 atom stereocenters. The maximum absolute atomic E-state index is 12.4. The molecule has 3 rings (SSSR count). The molecule has 2 aromatic carbocycles. The number of aromatic amines is 1. The van der Waals surface area contributed by atoms with E-state index in [1.54, 1.807) is 13.1 Å². The first-order valence-electron chi connectivity index (χ1n) is 11.8. The third-order valence-corrected chi connectivity index (χ3v) is 5.74. The number of ether oxygens (including phenoxy) is 1. The standard InChI is InChI=1S/C26H26F3N3O5/c1-2-19(33)10-4-3-5-11-20(32-23(34)24(35)37-25(36)26(27,28)29)22-30-15-21(31-22)18-13-12-16-8-6-7-9-17(16)14-18/h6-9,12-15,20H,2-5,10-11H2,1H3,(H,30,31)(H,32,34)/t20-/m0/s1. The number of amides is 1. The lowest BCUT2D eigenvalue weighted by Gasteiger charge is -2.16. The summed E-state index contributed by atoms with van der Waals surface area (Å²) >= 11 is 0. The zero-order valence-electron chi connectivity index (χ0n) is 20.1. The van der Waals surface area contributed by atoms with Crippen molar-refractivity contribution in [1.29, 1.82) is 0 Å². The van der Waals surface area contributed by atoms with Gasteiger partial charge < -0.3 is 15.0 Å². The molecule has 0 aliphatic carbocycles. The molecule has 0 radical (unpaired) electrons. The number of esters is 2. The number of fused-ring (bicyclic) bond motifs is 1. The topological polar surface area (TPSA) is 118 Å². The SMILES string of the molecule is CCC(=O)CCCCC[C@H](NC(=O)C(=O)OC(=O)C(F)(F)F)c1ncc(-c2ccc3ccccc3c2)[nH]1. The van der Waals surface area contributed by atoms with Crippen molar-refractivity contribution in [3.63, 3.8) is 0 Å². The fourth-order valence-electron chi connectivity index (χ4n) is 3.72. The molecule has 2 N–H and O–H groups in total. The molecule has 0 bridgehead atoms. The molecule has 0 saturated carbocycles. The summed E-state index contributed by atoms with van der Waals surface area (Å²) in [5, 5.41) is 4.35. The smallest absolute Gasteiger partial charge is 0.379 e. The number of Topliss-reactive ketones (excluding diaryl/α,β-unsaturated/α-hetero) is 1. The molecular weight excluding hydrogens is 491 g/mol. The molecule has 1 aromatic heterocycles. The summed E-state index contributed by atoms with van der Waals surface area (Å²) in [5.74, 6) is -5.85. The summed E-state index contributed by atoms with van der Waals surface area (Å²) in [5.41, 5.74) is 1.44. The van der Waals surface area contributed by atoms with E-state index in [1.807, 2.05) is 42.5 Å². The third-order valence-electron chi connectivity index (χ3n) is 5.74. The second kappa shape index (κ2) is 12.3. The van der Waals surface area contributed by atoms with Gasteiger partial charge in [0.2, 0.25) is 0 Å². The molecule has 0 fully saturated rings. The molecule has 3 aromatic rings. The lowest BCUT2D eigenvalue weighted by molar-refractivity contribution is -0.202. The van der Waals surface area contributed by atoms with E-state index in [0.717, 1.165) is 16.3 Å². The van der Waals surface area contributed by atoms with Crippen LogP contribution in [0, 0.1) is 0 Å². The summed E-state index contributed by atoms with van der Waals surface area (Å²) < 4.78 is 40.8. The summed E-state index contributed by atoms with van der Waals surface area (Å²) in [7, 11) is 0. The Kier molecular flexibility index (Phi) is 9.15. The van der Waals surface area contributed by atoms with E-state index in [1.165, 1.54) is 0 Å². The second-order valence-corrected chi connectivity index (χ2v) is 8.44. The number of nitrogens with one attached hydrogen (secondary N) is 2. The Balaban J connectivity index is 1.74. The molecule has 0 unspecified atom stereocenters. The van der Waals surface area contributed by atoms with E-state index in [-0.39, 0.29) is 18.0 Å². The lowest BCUT2D eigenvalue weighted by Crippen LogP contribution is -2.39. The number of rotatable bonds is 10. The normalized spacial score (nSPS) is 12.2. The van der Waals surface area contributed by atoms with E-state index in [2.05, 4.69) is 20.0 Å². The van der Waals surface area contributed by atoms with E-state index in [9.17, 15) is 32.3 Å². The van der Waals surface area contributed by atoms with Crippen molar-refractivity contribution in [3.05, 3.63) is 54.5 Å². The number of benzene rings is 2. The molecule has 8 nitrogen and oxygen atoms in total. The first-order valence-corrected chi connectivity index (χ1v) is 11.8.